The predicted octanol–water partition coefficient (Wildman–Crippen LogP) is 1.43. The van der Waals surface area contributed by atoms with Crippen molar-refractivity contribution >= 4 is 21.5 Å². The molecule has 1 aromatic heterocycles. The Balaban J connectivity index is 2.38. The highest BCUT2D eigenvalue weighted by Gasteiger charge is 2.22. The largest absolute Gasteiger partial charge is 0.381 e. The Morgan fingerprint density at radius 3 is 2.68 bits per heavy atom. The Labute approximate surface area is 110 Å². The average molecular weight is 284 g/mol. The fraction of sp³-hybridized carbons (Fsp3) is 0.182. The number of aromatic nitrogens is 2. The van der Waals surface area contributed by atoms with Crippen LogP contribution in [0.2, 0.25) is 0 Å². The van der Waals surface area contributed by atoms with E-state index in [1.165, 1.54) is 29.1 Å². The van der Waals surface area contributed by atoms with Gasteiger partial charge in [-0.3, -0.25) is 9.40 Å². The minimum Gasteiger partial charge on any atom is -0.381 e. The summed E-state index contributed by atoms with van der Waals surface area (Å²) < 4.78 is 41.2. The SMILES string of the molecule is CCn1cc(S(=O)(=O)Nc2ccccc2F)c(N)n1. The topological polar surface area (TPSA) is 90.0 Å². The molecule has 2 aromatic rings. The normalized spacial score (nSPS) is 11.5. The van der Waals surface area contributed by atoms with Crippen LogP contribution in [0.4, 0.5) is 15.9 Å². The van der Waals surface area contributed by atoms with Gasteiger partial charge in [0.1, 0.15) is 10.7 Å². The van der Waals surface area contributed by atoms with Crippen LogP contribution in [0.15, 0.2) is 35.4 Å². The van der Waals surface area contributed by atoms with Gasteiger partial charge in [0, 0.05) is 12.7 Å². The van der Waals surface area contributed by atoms with Gasteiger partial charge in [-0.2, -0.15) is 5.10 Å². The van der Waals surface area contributed by atoms with Gasteiger partial charge in [-0.15, -0.1) is 0 Å². The zero-order valence-electron chi connectivity index (χ0n) is 10.2. The van der Waals surface area contributed by atoms with E-state index in [4.69, 9.17) is 5.73 Å². The summed E-state index contributed by atoms with van der Waals surface area (Å²) in [6.07, 6.45) is 1.30. The highest BCUT2D eigenvalue weighted by Crippen LogP contribution is 2.21. The molecule has 0 aliphatic carbocycles. The highest BCUT2D eigenvalue weighted by molar-refractivity contribution is 7.92. The second kappa shape index (κ2) is 4.88. The lowest BCUT2D eigenvalue weighted by molar-refractivity contribution is 0.598. The maximum atomic E-state index is 13.4. The van der Waals surface area contributed by atoms with Crippen LogP contribution in [0.1, 0.15) is 6.92 Å². The maximum Gasteiger partial charge on any atom is 0.267 e. The number of rotatable bonds is 4. The minimum atomic E-state index is -3.95. The molecule has 0 saturated carbocycles. The van der Waals surface area contributed by atoms with Gasteiger partial charge in [0.05, 0.1) is 5.69 Å². The Morgan fingerprint density at radius 1 is 1.42 bits per heavy atom. The number of anilines is 2. The van der Waals surface area contributed by atoms with Crippen LogP contribution in [0, 0.1) is 5.82 Å². The van der Waals surface area contributed by atoms with Crippen LogP contribution >= 0.6 is 0 Å². The summed E-state index contributed by atoms with van der Waals surface area (Å²) >= 11 is 0. The number of aryl methyl sites for hydroxylation is 1. The maximum absolute atomic E-state index is 13.4. The second-order valence-electron chi connectivity index (χ2n) is 3.82. The third kappa shape index (κ3) is 2.68. The fourth-order valence-corrected chi connectivity index (χ4v) is 2.67. The number of sulfonamides is 1. The molecule has 0 aliphatic rings. The molecule has 0 amide bonds. The van der Waals surface area contributed by atoms with Gasteiger partial charge < -0.3 is 5.73 Å². The van der Waals surface area contributed by atoms with Gasteiger partial charge in [0.25, 0.3) is 10.0 Å². The van der Waals surface area contributed by atoms with Crippen molar-refractivity contribution in [1.29, 1.82) is 0 Å². The van der Waals surface area contributed by atoms with Gasteiger partial charge in [0.15, 0.2) is 5.82 Å². The van der Waals surface area contributed by atoms with E-state index < -0.39 is 15.8 Å². The predicted molar refractivity (Wildman–Crippen MR) is 69.5 cm³/mol. The zero-order chi connectivity index (χ0) is 14.0. The number of halogens is 1. The van der Waals surface area contributed by atoms with Crippen molar-refractivity contribution in [2.75, 3.05) is 10.5 Å². The molecule has 0 fully saturated rings. The number of hydrogen-bond acceptors (Lipinski definition) is 4. The average Bonchev–Trinajstić information content (AvgIpc) is 2.74. The number of nitrogens with zero attached hydrogens (tertiary/aromatic N) is 2. The molecular formula is C11H13FN4O2S. The number of para-hydroxylation sites is 1. The van der Waals surface area contributed by atoms with Crippen LogP contribution in [-0.2, 0) is 16.6 Å². The van der Waals surface area contributed by atoms with Crippen LogP contribution < -0.4 is 10.5 Å². The fourth-order valence-electron chi connectivity index (χ4n) is 1.53. The Bertz CT molecular complexity index is 696. The summed E-state index contributed by atoms with van der Waals surface area (Å²) in [6, 6.07) is 5.49. The summed E-state index contributed by atoms with van der Waals surface area (Å²) in [5.41, 5.74) is 5.42. The van der Waals surface area contributed by atoms with E-state index in [-0.39, 0.29) is 16.4 Å². The van der Waals surface area contributed by atoms with Crippen LogP contribution in [0.3, 0.4) is 0 Å². The summed E-state index contributed by atoms with van der Waals surface area (Å²) in [5.74, 6) is -0.779. The second-order valence-corrected chi connectivity index (χ2v) is 5.47. The third-order valence-electron chi connectivity index (χ3n) is 2.49. The number of benzene rings is 1. The van der Waals surface area contributed by atoms with Crippen molar-refractivity contribution in [3.05, 3.63) is 36.3 Å². The number of nitrogens with one attached hydrogen (secondary N) is 1. The molecule has 0 radical (unpaired) electrons. The van der Waals surface area contributed by atoms with Gasteiger partial charge in [-0.1, -0.05) is 12.1 Å². The molecule has 0 atom stereocenters. The van der Waals surface area contributed by atoms with Crippen molar-refractivity contribution < 1.29 is 12.8 Å². The standard InChI is InChI=1S/C11H13FN4O2S/c1-2-16-7-10(11(13)14-16)19(17,18)15-9-6-4-3-5-8(9)12/h3-7,15H,2H2,1H3,(H2,13,14). The molecule has 1 heterocycles. The molecule has 6 nitrogen and oxygen atoms in total. The van der Waals surface area contributed by atoms with E-state index in [0.717, 1.165) is 6.07 Å². The first-order valence-corrected chi connectivity index (χ1v) is 7.02. The smallest absolute Gasteiger partial charge is 0.267 e. The minimum absolute atomic E-state index is 0.120. The van der Waals surface area contributed by atoms with Crippen LogP contribution in [0.25, 0.3) is 0 Å². The molecule has 8 heteroatoms. The molecular weight excluding hydrogens is 271 g/mol. The summed E-state index contributed by atoms with van der Waals surface area (Å²) in [6.45, 7) is 2.28. The van der Waals surface area contributed by atoms with E-state index in [1.54, 1.807) is 6.92 Å². The molecule has 1 aromatic carbocycles. The Hall–Kier alpha value is -2.09. The molecule has 0 saturated heterocycles. The van der Waals surface area contributed by atoms with Crippen molar-refractivity contribution in [1.82, 2.24) is 9.78 Å². The molecule has 0 bridgehead atoms. The van der Waals surface area contributed by atoms with Gasteiger partial charge in [0.2, 0.25) is 0 Å². The summed E-state index contributed by atoms with van der Waals surface area (Å²) in [7, 11) is -3.95. The van der Waals surface area contributed by atoms with E-state index >= 15 is 0 Å². The lowest BCUT2D eigenvalue weighted by atomic mass is 10.3. The van der Waals surface area contributed by atoms with E-state index in [9.17, 15) is 12.8 Å². The molecule has 0 spiro atoms. The van der Waals surface area contributed by atoms with Crippen molar-refractivity contribution in [2.24, 2.45) is 0 Å². The van der Waals surface area contributed by atoms with E-state index in [0.29, 0.717) is 6.54 Å². The molecule has 0 aliphatic heterocycles. The number of hydrogen-bond donors (Lipinski definition) is 2. The summed E-state index contributed by atoms with van der Waals surface area (Å²) in [5, 5.41) is 3.84. The summed E-state index contributed by atoms with van der Waals surface area (Å²) in [4.78, 5) is -0.169. The number of nitrogen functional groups attached to an aromatic ring is 1. The Kier molecular flexibility index (Phi) is 3.43. The Morgan fingerprint density at radius 2 is 2.11 bits per heavy atom. The number of nitrogens with two attached hydrogens (primary N) is 1. The first-order chi connectivity index (χ1) is 8.94. The lowest BCUT2D eigenvalue weighted by Gasteiger charge is -2.07. The van der Waals surface area contributed by atoms with E-state index in [2.05, 4.69) is 9.82 Å². The molecule has 19 heavy (non-hydrogen) atoms. The van der Waals surface area contributed by atoms with Gasteiger partial charge in [-0.05, 0) is 19.1 Å². The van der Waals surface area contributed by atoms with Crippen molar-refractivity contribution in [2.45, 2.75) is 18.4 Å². The first kappa shape index (κ1) is 13.3. The molecule has 0 unspecified atom stereocenters. The first-order valence-electron chi connectivity index (χ1n) is 5.54. The van der Waals surface area contributed by atoms with Gasteiger partial charge >= 0.3 is 0 Å². The van der Waals surface area contributed by atoms with Crippen molar-refractivity contribution in [3.63, 3.8) is 0 Å². The molecule has 3 N–H and O–H groups in total. The zero-order valence-corrected chi connectivity index (χ0v) is 11.0. The quantitative estimate of drug-likeness (QED) is 0.888. The monoisotopic (exact) mass is 284 g/mol. The van der Waals surface area contributed by atoms with Gasteiger partial charge in [-0.25, -0.2) is 12.8 Å². The van der Waals surface area contributed by atoms with Crippen molar-refractivity contribution in [3.8, 4) is 0 Å². The van der Waals surface area contributed by atoms with Crippen LogP contribution in [0.5, 0.6) is 0 Å². The van der Waals surface area contributed by atoms with Crippen LogP contribution in [-0.4, -0.2) is 18.2 Å². The lowest BCUT2D eigenvalue weighted by Crippen LogP contribution is -2.14. The van der Waals surface area contributed by atoms with E-state index in [1.807, 2.05) is 0 Å². The molecule has 102 valence electrons. The molecule has 2 rings (SSSR count). The third-order valence-corrected chi connectivity index (χ3v) is 3.87. The highest BCUT2D eigenvalue weighted by atomic mass is 32.2.